The molecule has 0 aliphatic carbocycles. The third kappa shape index (κ3) is 3.58. The monoisotopic (exact) mass is 294 g/mol. The van der Waals surface area contributed by atoms with Gasteiger partial charge in [0.05, 0.1) is 17.6 Å². The number of nitrogens with zero attached hydrogens (tertiary/aromatic N) is 2. The molecule has 3 N–H and O–H groups in total. The molecule has 0 bridgehead atoms. The van der Waals surface area contributed by atoms with Crippen LogP contribution in [0.3, 0.4) is 0 Å². The summed E-state index contributed by atoms with van der Waals surface area (Å²) in [7, 11) is -3.47. The van der Waals surface area contributed by atoms with Crippen LogP contribution in [0.2, 0.25) is 0 Å². The summed E-state index contributed by atoms with van der Waals surface area (Å²) < 4.78 is 28.5. The summed E-state index contributed by atoms with van der Waals surface area (Å²) in [6, 6.07) is 7.26. The first-order valence-corrected chi connectivity index (χ1v) is 7.99. The van der Waals surface area contributed by atoms with Crippen molar-refractivity contribution in [1.29, 1.82) is 0 Å². The molecule has 0 radical (unpaired) electrons. The van der Waals surface area contributed by atoms with Gasteiger partial charge in [-0.25, -0.2) is 8.42 Å². The highest BCUT2D eigenvalue weighted by molar-refractivity contribution is 7.91. The highest BCUT2D eigenvalue weighted by Gasteiger charge is 2.14. The van der Waals surface area contributed by atoms with E-state index in [0.717, 1.165) is 5.56 Å². The van der Waals surface area contributed by atoms with Crippen molar-refractivity contribution in [3.63, 3.8) is 0 Å². The Kier molecular flexibility index (Phi) is 4.41. The van der Waals surface area contributed by atoms with Gasteiger partial charge in [-0.3, -0.25) is 9.40 Å². The molecular formula is C13H18N4O2S. The molecule has 0 spiro atoms. The quantitative estimate of drug-likeness (QED) is 0.840. The van der Waals surface area contributed by atoms with E-state index in [1.165, 1.54) is 6.20 Å². The zero-order valence-corrected chi connectivity index (χ0v) is 12.1. The molecule has 1 aromatic heterocycles. The van der Waals surface area contributed by atoms with Gasteiger partial charge in [0.1, 0.15) is 0 Å². The molecule has 0 amide bonds. The zero-order chi connectivity index (χ0) is 14.6. The van der Waals surface area contributed by atoms with E-state index < -0.39 is 10.0 Å². The lowest BCUT2D eigenvalue weighted by molar-refractivity contribution is 0.600. The van der Waals surface area contributed by atoms with Crippen molar-refractivity contribution in [3.8, 4) is 0 Å². The van der Waals surface area contributed by atoms with Crippen molar-refractivity contribution in [2.24, 2.45) is 5.73 Å². The molecule has 6 nitrogen and oxygen atoms in total. The first-order valence-electron chi connectivity index (χ1n) is 6.34. The van der Waals surface area contributed by atoms with Gasteiger partial charge in [0.2, 0.25) is 10.0 Å². The van der Waals surface area contributed by atoms with Crippen LogP contribution in [0, 0.1) is 0 Å². The van der Waals surface area contributed by atoms with Crippen LogP contribution < -0.4 is 10.5 Å². The number of anilines is 1. The SMILES string of the molecule is CCn1cc(NS(=O)(=O)Cc2ccccc2CN)cn1. The Morgan fingerprint density at radius 3 is 2.60 bits per heavy atom. The summed E-state index contributed by atoms with van der Waals surface area (Å²) in [6.45, 7) is 2.94. The molecule has 2 aromatic rings. The zero-order valence-electron chi connectivity index (χ0n) is 11.3. The Bertz CT molecular complexity index is 679. The number of nitrogens with one attached hydrogen (secondary N) is 1. The maximum absolute atomic E-state index is 12.1. The summed E-state index contributed by atoms with van der Waals surface area (Å²) in [5.41, 5.74) is 7.63. The molecule has 0 fully saturated rings. The Balaban J connectivity index is 2.14. The van der Waals surface area contributed by atoms with Crippen LogP contribution in [0.5, 0.6) is 0 Å². The third-order valence-electron chi connectivity index (χ3n) is 2.91. The molecule has 0 aliphatic rings. The lowest BCUT2D eigenvalue weighted by Gasteiger charge is -2.09. The van der Waals surface area contributed by atoms with Crippen LogP contribution in [0.1, 0.15) is 18.1 Å². The molecular weight excluding hydrogens is 276 g/mol. The van der Waals surface area contributed by atoms with Gasteiger partial charge in [-0.15, -0.1) is 0 Å². The van der Waals surface area contributed by atoms with Gasteiger partial charge in [-0.2, -0.15) is 5.10 Å². The largest absolute Gasteiger partial charge is 0.326 e. The van der Waals surface area contributed by atoms with E-state index in [2.05, 4.69) is 9.82 Å². The fraction of sp³-hybridized carbons (Fsp3) is 0.308. The normalized spacial score (nSPS) is 11.5. The summed E-state index contributed by atoms with van der Waals surface area (Å²) in [5, 5.41) is 4.03. The second-order valence-electron chi connectivity index (χ2n) is 4.42. The molecule has 2 rings (SSSR count). The summed E-state index contributed by atoms with van der Waals surface area (Å²) in [5.74, 6) is -0.0995. The number of nitrogens with two attached hydrogens (primary N) is 1. The molecule has 0 saturated heterocycles. The Morgan fingerprint density at radius 2 is 2.00 bits per heavy atom. The first kappa shape index (κ1) is 14.5. The summed E-state index contributed by atoms with van der Waals surface area (Å²) in [6.07, 6.45) is 3.16. The molecule has 1 aromatic carbocycles. The van der Waals surface area contributed by atoms with Crippen LogP contribution in [-0.2, 0) is 28.9 Å². The maximum Gasteiger partial charge on any atom is 0.237 e. The van der Waals surface area contributed by atoms with Crippen LogP contribution in [0.25, 0.3) is 0 Å². The number of benzene rings is 1. The molecule has 0 saturated carbocycles. The van der Waals surface area contributed by atoms with Crippen molar-refractivity contribution in [1.82, 2.24) is 9.78 Å². The molecule has 0 unspecified atom stereocenters. The molecule has 0 aliphatic heterocycles. The minimum Gasteiger partial charge on any atom is -0.326 e. The van der Waals surface area contributed by atoms with Crippen molar-refractivity contribution in [2.45, 2.75) is 25.8 Å². The molecule has 108 valence electrons. The highest BCUT2D eigenvalue weighted by atomic mass is 32.2. The Morgan fingerprint density at radius 1 is 1.30 bits per heavy atom. The summed E-state index contributed by atoms with van der Waals surface area (Å²) >= 11 is 0. The van der Waals surface area contributed by atoms with Crippen LogP contribution >= 0.6 is 0 Å². The second kappa shape index (κ2) is 6.06. The van der Waals surface area contributed by atoms with E-state index in [-0.39, 0.29) is 5.75 Å². The van der Waals surface area contributed by atoms with Crippen molar-refractivity contribution < 1.29 is 8.42 Å². The van der Waals surface area contributed by atoms with E-state index in [1.807, 2.05) is 19.1 Å². The fourth-order valence-corrected chi connectivity index (χ4v) is 3.13. The van der Waals surface area contributed by atoms with Gasteiger partial charge in [0.15, 0.2) is 0 Å². The lowest BCUT2D eigenvalue weighted by atomic mass is 10.1. The second-order valence-corrected chi connectivity index (χ2v) is 6.14. The molecule has 1 heterocycles. The van der Waals surface area contributed by atoms with Gasteiger partial charge in [-0.05, 0) is 18.1 Å². The van der Waals surface area contributed by atoms with Crippen molar-refractivity contribution in [3.05, 3.63) is 47.8 Å². The smallest absolute Gasteiger partial charge is 0.237 e. The van der Waals surface area contributed by atoms with E-state index in [1.54, 1.807) is 23.0 Å². The molecule has 7 heteroatoms. The molecule has 20 heavy (non-hydrogen) atoms. The molecule has 0 atom stereocenters. The highest BCUT2D eigenvalue weighted by Crippen LogP contribution is 2.15. The average molecular weight is 294 g/mol. The summed E-state index contributed by atoms with van der Waals surface area (Å²) in [4.78, 5) is 0. The first-order chi connectivity index (χ1) is 9.54. The number of aryl methyl sites for hydroxylation is 1. The number of aromatic nitrogens is 2. The van der Waals surface area contributed by atoms with Crippen LogP contribution in [-0.4, -0.2) is 18.2 Å². The standard InChI is InChI=1S/C13H18N4O2S/c1-2-17-9-13(8-15-17)16-20(18,19)10-12-6-4-3-5-11(12)7-14/h3-6,8-9,16H,2,7,10,14H2,1H3. The number of sulfonamides is 1. The minimum absolute atomic E-state index is 0.0995. The van der Waals surface area contributed by atoms with Crippen LogP contribution in [0.15, 0.2) is 36.7 Å². The van der Waals surface area contributed by atoms with E-state index in [0.29, 0.717) is 24.3 Å². The fourth-order valence-electron chi connectivity index (χ4n) is 1.91. The topological polar surface area (TPSA) is 90.0 Å². The Hall–Kier alpha value is -1.86. The maximum atomic E-state index is 12.1. The lowest BCUT2D eigenvalue weighted by Crippen LogP contribution is -2.16. The third-order valence-corrected chi connectivity index (χ3v) is 4.15. The average Bonchev–Trinajstić information content (AvgIpc) is 2.85. The van der Waals surface area contributed by atoms with Crippen molar-refractivity contribution >= 4 is 15.7 Å². The Labute approximate surface area is 118 Å². The van der Waals surface area contributed by atoms with Crippen LogP contribution in [0.4, 0.5) is 5.69 Å². The number of rotatable bonds is 6. The van der Waals surface area contributed by atoms with E-state index >= 15 is 0 Å². The number of hydrogen-bond acceptors (Lipinski definition) is 4. The van der Waals surface area contributed by atoms with Gasteiger partial charge in [0, 0.05) is 19.3 Å². The predicted octanol–water partition coefficient (Wildman–Crippen LogP) is 1.30. The predicted molar refractivity (Wildman–Crippen MR) is 78.5 cm³/mol. The van der Waals surface area contributed by atoms with Crippen molar-refractivity contribution in [2.75, 3.05) is 4.72 Å². The van der Waals surface area contributed by atoms with Gasteiger partial charge in [-0.1, -0.05) is 24.3 Å². The minimum atomic E-state index is -3.47. The van der Waals surface area contributed by atoms with E-state index in [9.17, 15) is 8.42 Å². The van der Waals surface area contributed by atoms with E-state index in [4.69, 9.17) is 5.73 Å². The van der Waals surface area contributed by atoms with Gasteiger partial charge < -0.3 is 5.73 Å². The number of hydrogen-bond donors (Lipinski definition) is 2. The van der Waals surface area contributed by atoms with Gasteiger partial charge in [0.25, 0.3) is 0 Å². The van der Waals surface area contributed by atoms with Gasteiger partial charge >= 0.3 is 0 Å².